The maximum atomic E-state index is 13.0. The summed E-state index contributed by atoms with van der Waals surface area (Å²) in [7, 11) is 1.49. The number of benzene rings is 1. The highest BCUT2D eigenvalue weighted by atomic mass is 16.5. The van der Waals surface area contributed by atoms with E-state index in [1.165, 1.54) is 24.3 Å². The lowest BCUT2D eigenvalue weighted by Crippen LogP contribution is -2.50. The van der Waals surface area contributed by atoms with E-state index in [0.717, 1.165) is 5.56 Å². The van der Waals surface area contributed by atoms with Crippen LogP contribution in [0.1, 0.15) is 21.9 Å². The second-order valence-electron chi connectivity index (χ2n) is 6.76. The molecule has 3 aromatic rings. The number of hydrogen-bond donors (Lipinski definition) is 2. The van der Waals surface area contributed by atoms with E-state index in [2.05, 4.69) is 15.8 Å². The second kappa shape index (κ2) is 9.55. The fourth-order valence-electron chi connectivity index (χ4n) is 2.85. The van der Waals surface area contributed by atoms with Gasteiger partial charge in [0.1, 0.15) is 11.8 Å². The van der Waals surface area contributed by atoms with Crippen molar-refractivity contribution in [1.82, 2.24) is 15.4 Å². The Morgan fingerprint density at radius 2 is 1.90 bits per heavy atom. The van der Waals surface area contributed by atoms with E-state index >= 15 is 0 Å². The molecule has 0 fully saturated rings. The third-order valence-electron chi connectivity index (χ3n) is 4.28. The summed E-state index contributed by atoms with van der Waals surface area (Å²) in [5.41, 5.74) is 0.867. The van der Waals surface area contributed by atoms with Gasteiger partial charge in [-0.3, -0.25) is 14.4 Å². The molecule has 30 heavy (non-hydrogen) atoms. The van der Waals surface area contributed by atoms with Gasteiger partial charge in [0.2, 0.25) is 11.8 Å². The molecule has 0 aliphatic carbocycles. The molecule has 0 aliphatic heterocycles. The van der Waals surface area contributed by atoms with Crippen LogP contribution in [0.25, 0.3) is 0 Å². The third kappa shape index (κ3) is 5.57. The number of carbonyl (C=O) groups excluding carboxylic acids is 3. The average molecular weight is 410 g/mol. The Morgan fingerprint density at radius 1 is 1.13 bits per heavy atom. The van der Waals surface area contributed by atoms with Crippen LogP contribution < -0.4 is 10.6 Å². The number of nitrogens with zero attached hydrogens (tertiary/aromatic N) is 2. The molecule has 9 heteroatoms. The number of hydrogen-bond acceptors (Lipinski definition) is 6. The summed E-state index contributed by atoms with van der Waals surface area (Å²) < 4.78 is 10.0. The van der Waals surface area contributed by atoms with Crippen molar-refractivity contribution in [2.75, 3.05) is 18.9 Å². The van der Waals surface area contributed by atoms with Crippen LogP contribution in [-0.4, -0.2) is 47.4 Å². The number of carbonyl (C=O) groups is 3. The first-order valence-electron chi connectivity index (χ1n) is 9.29. The van der Waals surface area contributed by atoms with E-state index in [4.69, 9.17) is 8.94 Å². The molecule has 1 unspecified atom stereocenters. The van der Waals surface area contributed by atoms with Gasteiger partial charge >= 0.3 is 0 Å². The highest BCUT2D eigenvalue weighted by molar-refractivity contribution is 5.97. The number of anilines is 1. The summed E-state index contributed by atoms with van der Waals surface area (Å²) in [5, 5.41) is 8.94. The maximum absolute atomic E-state index is 13.0. The molecule has 1 atom stereocenters. The van der Waals surface area contributed by atoms with Crippen LogP contribution in [0.3, 0.4) is 0 Å². The minimum atomic E-state index is -0.878. The molecule has 0 aliphatic rings. The zero-order chi connectivity index (χ0) is 21.5. The number of aryl methyl sites for hydroxylation is 1. The Kier molecular flexibility index (Phi) is 6.63. The largest absolute Gasteiger partial charge is 0.459 e. The van der Waals surface area contributed by atoms with Crippen molar-refractivity contribution in [1.29, 1.82) is 0 Å². The summed E-state index contributed by atoms with van der Waals surface area (Å²) >= 11 is 0. The molecule has 9 nitrogen and oxygen atoms in total. The highest BCUT2D eigenvalue weighted by Gasteiger charge is 2.27. The number of amides is 3. The Labute approximate surface area is 173 Å². The van der Waals surface area contributed by atoms with E-state index < -0.39 is 23.8 Å². The van der Waals surface area contributed by atoms with Crippen molar-refractivity contribution in [2.24, 2.45) is 0 Å². The molecule has 2 heterocycles. The molecule has 2 aromatic heterocycles. The summed E-state index contributed by atoms with van der Waals surface area (Å²) in [4.78, 5) is 38.9. The van der Waals surface area contributed by atoms with Gasteiger partial charge in [-0.05, 0) is 24.6 Å². The van der Waals surface area contributed by atoms with Gasteiger partial charge in [-0.1, -0.05) is 35.5 Å². The lowest BCUT2D eigenvalue weighted by atomic mass is 10.0. The molecular formula is C21H22N4O5. The fourth-order valence-corrected chi connectivity index (χ4v) is 2.85. The van der Waals surface area contributed by atoms with E-state index in [1.807, 2.05) is 30.3 Å². The van der Waals surface area contributed by atoms with Crippen LogP contribution >= 0.6 is 0 Å². The summed E-state index contributed by atoms with van der Waals surface area (Å²) in [6.07, 6.45) is 1.64. The van der Waals surface area contributed by atoms with E-state index in [-0.39, 0.29) is 24.5 Å². The van der Waals surface area contributed by atoms with Crippen LogP contribution in [-0.2, 0) is 16.0 Å². The highest BCUT2D eigenvalue weighted by Crippen LogP contribution is 2.09. The van der Waals surface area contributed by atoms with Gasteiger partial charge in [0.05, 0.1) is 12.8 Å². The van der Waals surface area contributed by atoms with Crippen LogP contribution in [0.4, 0.5) is 5.82 Å². The average Bonchev–Trinajstić information content (AvgIpc) is 3.39. The minimum Gasteiger partial charge on any atom is -0.459 e. The van der Waals surface area contributed by atoms with Gasteiger partial charge in [-0.15, -0.1) is 0 Å². The molecule has 3 amide bonds. The fraction of sp³-hybridized carbons (Fsp3) is 0.238. The zero-order valence-corrected chi connectivity index (χ0v) is 16.6. The molecular weight excluding hydrogens is 388 g/mol. The van der Waals surface area contributed by atoms with Crippen LogP contribution in [0, 0.1) is 6.92 Å². The molecule has 1 aromatic carbocycles. The van der Waals surface area contributed by atoms with Crippen molar-refractivity contribution in [2.45, 2.75) is 19.4 Å². The van der Waals surface area contributed by atoms with Crippen molar-refractivity contribution in [3.05, 3.63) is 71.9 Å². The lowest BCUT2D eigenvalue weighted by Gasteiger charge is -2.24. The van der Waals surface area contributed by atoms with Gasteiger partial charge in [0, 0.05) is 19.5 Å². The number of rotatable bonds is 8. The Hall–Kier alpha value is -3.88. The van der Waals surface area contributed by atoms with Gasteiger partial charge in [0.25, 0.3) is 5.91 Å². The molecule has 2 N–H and O–H groups in total. The molecule has 0 saturated heterocycles. The van der Waals surface area contributed by atoms with Crippen molar-refractivity contribution < 1.29 is 23.3 Å². The maximum Gasteiger partial charge on any atom is 0.287 e. The van der Waals surface area contributed by atoms with Crippen LogP contribution in [0.5, 0.6) is 0 Å². The van der Waals surface area contributed by atoms with Gasteiger partial charge in [-0.25, -0.2) is 0 Å². The van der Waals surface area contributed by atoms with Gasteiger partial charge in [-0.2, -0.15) is 0 Å². The summed E-state index contributed by atoms with van der Waals surface area (Å²) in [5.74, 6) is -0.434. The van der Waals surface area contributed by atoms with Crippen molar-refractivity contribution in [3.8, 4) is 0 Å². The lowest BCUT2D eigenvalue weighted by molar-refractivity contribution is -0.135. The van der Waals surface area contributed by atoms with E-state index in [0.29, 0.717) is 5.76 Å². The Balaban J connectivity index is 1.67. The standard InChI is InChI=1S/C21H22N4O5/c1-14-11-18(24-30-14)23-19(26)13-25(2)21(28)16(12-15-7-4-3-5-8-15)22-20(27)17-9-6-10-29-17/h3-11,16H,12-13H2,1-2H3,(H,22,27)(H,23,24,26). The number of likely N-dealkylation sites (N-methyl/N-ethyl adjacent to an activating group) is 1. The number of nitrogens with one attached hydrogen (secondary N) is 2. The van der Waals surface area contributed by atoms with Gasteiger partial charge < -0.3 is 24.5 Å². The first-order chi connectivity index (χ1) is 14.4. The third-order valence-corrected chi connectivity index (χ3v) is 4.28. The topological polar surface area (TPSA) is 118 Å². The van der Waals surface area contributed by atoms with Gasteiger partial charge in [0.15, 0.2) is 11.6 Å². The zero-order valence-electron chi connectivity index (χ0n) is 16.6. The second-order valence-corrected chi connectivity index (χ2v) is 6.76. The first kappa shape index (κ1) is 20.8. The summed E-state index contributed by atoms with van der Waals surface area (Å²) in [6, 6.07) is 13.1. The molecule has 0 saturated carbocycles. The monoisotopic (exact) mass is 410 g/mol. The Bertz CT molecular complexity index is 998. The first-order valence-corrected chi connectivity index (χ1v) is 9.29. The van der Waals surface area contributed by atoms with Crippen LogP contribution in [0.2, 0.25) is 0 Å². The molecule has 0 radical (unpaired) electrons. The minimum absolute atomic E-state index is 0.0997. The SMILES string of the molecule is Cc1cc(NC(=O)CN(C)C(=O)C(Cc2ccccc2)NC(=O)c2ccco2)no1. The summed E-state index contributed by atoms with van der Waals surface area (Å²) in [6.45, 7) is 1.49. The van der Waals surface area contributed by atoms with Crippen molar-refractivity contribution >= 4 is 23.5 Å². The normalized spacial score (nSPS) is 11.5. The predicted octanol–water partition coefficient (Wildman–Crippen LogP) is 2.01. The number of aromatic nitrogens is 1. The molecule has 3 rings (SSSR count). The quantitative estimate of drug-likeness (QED) is 0.587. The number of furan rings is 1. The van der Waals surface area contributed by atoms with E-state index in [1.54, 1.807) is 19.1 Å². The molecule has 0 spiro atoms. The Morgan fingerprint density at radius 3 is 2.53 bits per heavy atom. The van der Waals surface area contributed by atoms with Crippen molar-refractivity contribution in [3.63, 3.8) is 0 Å². The molecule has 156 valence electrons. The predicted molar refractivity (Wildman–Crippen MR) is 108 cm³/mol. The smallest absolute Gasteiger partial charge is 0.287 e. The van der Waals surface area contributed by atoms with E-state index in [9.17, 15) is 14.4 Å². The van der Waals surface area contributed by atoms with Crippen LogP contribution in [0.15, 0.2) is 63.7 Å². The molecule has 0 bridgehead atoms.